The van der Waals surface area contributed by atoms with Gasteiger partial charge in [0.15, 0.2) is 5.69 Å². The second-order valence-corrected chi connectivity index (χ2v) is 10.0. The molecule has 0 saturated carbocycles. The minimum atomic E-state index is -1.50. The Morgan fingerprint density at radius 2 is 2.03 bits per heavy atom. The summed E-state index contributed by atoms with van der Waals surface area (Å²) in [5.41, 5.74) is 13.2. The molecule has 9 nitrogen and oxygen atoms in total. The third-order valence-electron chi connectivity index (χ3n) is 6.03. The molecule has 2 amide bonds. The number of hydrogen-bond donors (Lipinski definition) is 3. The molecule has 1 aliphatic rings. The monoisotopic (exact) mass is 521 g/mol. The molecule has 0 aliphatic carbocycles. The second-order valence-electron chi connectivity index (χ2n) is 9.64. The van der Waals surface area contributed by atoms with Gasteiger partial charge in [-0.25, -0.2) is 9.37 Å². The minimum absolute atomic E-state index is 0.0516. The zero-order valence-electron chi connectivity index (χ0n) is 20.6. The number of halogens is 3. The number of nitrogens with zero attached hydrogens (tertiary/aromatic N) is 4. The Bertz CT molecular complexity index is 1240. The zero-order chi connectivity index (χ0) is 26.9. The van der Waals surface area contributed by atoms with Gasteiger partial charge < -0.3 is 26.3 Å². The van der Waals surface area contributed by atoms with Gasteiger partial charge in [0.05, 0.1) is 19.1 Å². The minimum Gasteiger partial charge on any atom is -0.398 e. The molecule has 1 aromatic carbocycles. The highest BCUT2D eigenvalue weighted by atomic mass is 35.5. The third-order valence-corrected chi connectivity index (χ3v) is 6.34. The number of carbonyl (C=O) groups excluding carboxylic acids is 2. The lowest BCUT2D eigenvalue weighted by molar-refractivity contribution is -0.125. The van der Waals surface area contributed by atoms with Crippen molar-refractivity contribution in [2.75, 3.05) is 18.8 Å². The fourth-order valence-corrected chi connectivity index (χ4v) is 4.42. The molecule has 1 saturated heterocycles. The van der Waals surface area contributed by atoms with Crippen LogP contribution in [0.1, 0.15) is 48.2 Å². The summed E-state index contributed by atoms with van der Waals surface area (Å²) in [7, 11) is 1.44. The number of aliphatic imine (C=N–C) groups is 1. The number of alkyl halides is 1. The summed E-state index contributed by atoms with van der Waals surface area (Å²) in [5, 5.41) is 2.95. The van der Waals surface area contributed by atoms with Crippen LogP contribution in [0.3, 0.4) is 0 Å². The van der Waals surface area contributed by atoms with E-state index in [1.54, 1.807) is 12.1 Å². The first-order chi connectivity index (χ1) is 16.7. The van der Waals surface area contributed by atoms with Crippen molar-refractivity contribution < 1.29 is 18.4 Å². The summed E-state index contributed by atoms with van der Waals surface area (Å²) in [6.45, 7) is 8.98. The number of nitrogens with two attached hydrogens (primary N) is 2. The first-order valence-corrected chi connectivity index (χ1v) is 11.6. The van der Waals surface area contributed by atoms with Gasteiger partial charge in [-0.2, -0.15) is 4.39 Å². The summed E-state index contributed by atoms with van der Waals surface area (Å²) in [5.74, 6) is -2.12. The number of anilines is 1. The van der Waals surface area contributed by atoms with Gasteiger partial charge in [-0.1, -0.05) is 39.0 Å². The SMILES string of the molecule is C=CC(=O)N1C[C@H](NC(=O)c2c(F)nc(CN=C(N)c3cc(C(C)(C)C)c(Cl)cc3N)n2C)[C@@H](F)C1. The normalized spacial score (nSPS) is 18.4. The molecule has 1 aromatic heterocycles. The van der Waals surface area contributed by atoms with Crippen LogP contribution in [-0.4, -0.2) is 57.4 Å². The Labute approximate surface area is 213 Å². The highest BCUT2D eigenvalue weighted by molar-refractivity contribution is 6.32. The van der Waals surface area contributed by atoms with E-state index in [-0.39, 0.29) is 42.4 Å². The molecule has 1 fully saturated rings. The van der Waals surface area contributed by atoms with Crippen molar-refractivity contribution >= 4 is 34.9 Å². The maximum absolute atomic E-state index is 14.6. The number of hydrogen-bond acceptors (Lipinski definition) is 5. The van der Waals surface area contributed by atoms with Gasteiger partial charge in [0.2, 0.25) is 11.9 Å². The highest BCUT2D eigenvalue weighted by Gasteiger charge is 2.36. The van der Waals surface area contributed by atoms with Gasteiger partial charge >= 0.3 is 0 Å². The Kier molecular flexibility index (Phi) is 7.73. The molecule has 0 radical (unpaired) electrons. The lowest BCUT2D eigenvalue weighted by atomic mass is 9.85. The molecular formula is C24H30ClF2N7O2. The van der Waals surface area contributed by atoms with Gasteiger partial charge in [0.1, 0.15) is 17.8 Å². The predicted molar refractivity (Wildman–Crippen MR) is 135 cm³/mol. The fraction of sp³-hybridized carbons (Fsp3) is 0.417. The summed E-state index contributed by atoms with van der Waals surface area (Å²) in [6.07, 6.45) is -0.432. The molecule has 3 rings (SSSR count). The maximum atomic E-state index is 14.6. The summed E-state index contributed by atoms with van der Waals surface area (Å²) in [4.78, 5) is 33.7. The molecule has 1 aliphatic heterocycles. The zero-order valence-corrected chi connectivity index (χ0v) is 21.4. The Hall–Kier alpha value is -3.47. The lowest BCUT2D eigenvalue weighted by Gasteiger charge is -2.22. The maximum Gasteiger partial charge on any atom is 0.273 e. The van der Waals surface area contributed by atoms with E-state index in [0.717, 1.165) is 11.6 Å². The van der Waals surface area contributed by atoms with Crippen molar-refractivity contribution in [3.05, 3.63) is 58.4 Å². The average molecular weight is 522 g/mol. The van der Waals surface area contributed by atoms with Crippen molar-refractivity contribution in [3.63, 3.8) is 0 Å². The van der Waals surface area contributed by atoms with E-state index >= 15 is 0 Å². The van der Waals surface area contributed by atoms with Crippen LogP contribution in [0.2, 0.25) is 5.02 Å². The number of nitrogens with one attached hydrogen (secondary N) is 1. The van der Waals surface area contributed by atoms with Crippen LogP contribution in [0.15, 0.2) is 29.8 Å². The van der Waals surface area contributed by atoms with Crippen molar-refractivity contribution in [2.45, 2.75) is 44.9 Å². The summed E-state index contributed by atoms with van der Waals surface area (Å²) in [6, 6.07) is 2.38. The van der Waals surface area contributed by atoms with Crippen LogP contribution in [0.4, 0.5) is 14.5 Å². The average Bonchev–Trinajstić information content (AvgIpc) is 3.28. The molecule has 2 heterocycles. The van der Waals surface area contributed by atoms with Crippen molar-refractivity contribution in [1.82, 2.24) is 19.8 Å². The van der Waals surface area contributed by atoms with Gasteiger partial charge in [0, 0.05) is 29.9 Å². The van der Waals surface area contributed by atoms with Gasteiger partial charge in [-0.3, -0.25) is 14.6 Å². The van der Waals surface area contributed by atoms with Gasteiger partial charge in [-0.05, 0) is 29.2 Å². The highest BCUT2D eigenvalue weighted by Crippen LogP contribution is 2.33. The molecule has 36 heavy (non-hydrogen) atoms. The molecule has 2 aromatic rings. The number of amides is 2. The van der Waals surface area contributed by atoms with Crippen LogP contribution in [0.5, 0.6) is 0 Å². The Balaban J connectivity index is 1.79. The van der Waals surface area contributed by atoms with E-state index in [9.17, 15) is 18.4 Å². The van der Waals surface area contributed by atoms with Crippen molar-refractivity contribution in [3.8, 4) is 0 Å². The number of aromatic nitrogens is 2. The molecule has 0 bridgehead atoms. The number of benzene rings is 1. The molecule has 0 unspecified atom stereocenters. The first kappa shape index (κ1) is 27.1. The van der Waals surface area contributed by atoms with Crippen LogP contribution in [-0.2, 0) is 23.8 Å². The van der Waals surface area contributed by atoms with E-state index in [1.165, 1.54) is 16.5 Å². The quantitative estimate of drug-likeness (QED) is 0.232. The van der Waals surface area contributed by atoms with E-state index in [4.69, 9.17) is 23.1 Å². The first-order valence-electron chi connectivity index (χ1n) is 11.2. The number of nitrogen functional groups attached to an aromatic ring is 1. The van der Waals surface area contributed by atoms with Crippen molar-refractivity contribution in [2.24, 2.45) is 17.8 Å². The van der Waals surface area contributed by atoms with Crippen LogP contribution < -0.4 is 16.8 Å². The lowest BCUT2D eigenvalue weighted by Crippen LogP contribution is -2.42. The van der Waals surface area contributed by atoms with Crippen LogP contribution in [0.25, 0.3) is 0 Å². The molecule has 5 N–H and O–H groups in total. The Morgan fingerprint density at radius 3 is 2.64 bits per heavy atom. The van der Waals surface area contributed by atoms with Gasteiger partial charge in [0.25, 0.3) is 5.91 Å². The summed E-state index contributed by atoms with van der Waals surface area (Å²) < 4.78 is 30.2. The van der Waals surface area contributed by atoms with E-state index in [0.29, 0.717) is 16.3 Å². The molecular weight excluding hydrogens is 492 g/mol. The molecule has 2 atom stereocenters. The smallest absolute Gasteiger partial charge is 0.273 e. The third kappa shape index (κ3) is 5.51. The van der Waals surface area contributed by atoms with E-state index in [1.807, 2.05) is 20.8 Å². The summed E-state index contributed by atoms with van der Waals surface area (Å²) >= 11 is 6.33. The predicted octanol–water partition coefficient (Wildman–Crippen LogP) is 2.46. The topological polar surface area (TPSA) is 132 Å². The number of rotatable bonds is 6. The van der Waals surface area contributed by atoms with E-state index < -0.39 is 30.0 Å². The second kappa shape index (κ2) is 10.3. The van der Waals surface area contributed by atoms with Crippen LogP contribution >= 0.6 is 11.6 Å². The number of likely N-dealkylation sites (tertiary alicyclic amines) is 1. The molecule has 12 heteroatoms. The van der Waals surface area contributed by atoms with Crippen LogP contribution in [0, 0.1) is 5.95 Å². The number of imidazole rings is 1. The van der Waals surface area contributed by atoms with Crippen molar-refractivity contribution in [1.29, 1.82) is 0 Å². The molecule has 194 valence electrons. The van der Waals surface area contributed by atoms with E-state index in [2.05, 4.69) is 21.9 Å². The number of carbonyl (C=O) groups is 2. The molecule has 0 spiro atoms. The largest absolute Gasteiger partial charge is 0.398 e. The fourth-order valence-electron chi connectivity index (χ4n) is 3.97. The number of amidine groups is 1. The standard InChI is InChI=1S/C24H30ClF2N7O2/c1-6-19(35)34-10-15(26)17(11-34)31-23(36)20-21(27)32-18(33(20)5)9-30-22(29)12-7-13(24(2,3)4)14(25)8-16(12)28/h6-8,15,17H,1,9-11,28H2,2-5H3,(H2,29,30)(H,31,36)/t15-,17-/m0/s1. The Morgan fingerprint density at radius 1 is 1.36 bits per heavy atom. The van der Waals surface area contributed by atoms with Gasteiger partial charge in [-0.15, -0.1) is 0 Å².